The van der Waals surface area contributed by atoms with Crippen molar-refractivity contribution in [2.75, 3.05) is 24.1 Å². The van der Waals surface area contributed by atoms with Crippen molar-refractivity contribution in [3.63, 3.8) is 0 Å². The van der Waals surface area contributed by atoms with Gasteiger partial charge >= 0.3 is 6.03 Å². The number of benzene rings is 2. The second kappa shape index (κ2) is 9.10. The van der Waals surface area contributed by atoms with Crippen molar-refractivity contribution in [2.45, 2.75) is 13.0 Å². The van der Waals surface area contributed by atoms with Crippen LogP contribution in [0.3, 0.4) is 0 Å². The number of anilines is 1. The van der Waals surface area contributed by atoms with Gasteiger partial charge < -0.3 is 15.4 Å². The molecule has 0 aliphatic rings. The van der Waals surface area contributed by atoms with E-state index in [1.807, 2.05) is 31.2 Å². The Hall–Kier alpha value is -2.74. The maximum atomic E-state index is 12.0. The van der Waals surface area contributed by atoms with Crippen molar-refractivity contribution >= 4 is 21.7 Å². The first kappa shape index (κ1) is 19.6. The summed E-state index contributed by atoms with van der Waals surface area (Å²) in [5.74, 6) is 0.484. The minimum atomic E-state index is -3.53. The lowest BCUT2D eigenvalue weighted by Gasteiger charge is -2.16. The van der Waals surface area contributed by atoms with Gasteiger partial charge in [0.2, 0.25) is 10.0 Å². The average molecular weight is 377 g/mol. The molecule has 1 atom stereocenters. The van der Waals surface area contributed by atoms with Crippen LogP contribution in [0, 0.1) is 0 Å². The van der Waals surface area contributed by atoms with Gasteiger partial charge in [0.05, 0.1) is 18.9 Å². The van der Waals surface area contributed by atoms with Crippen LogP contribution in [-0.2, 0) is 10.0 Å². The second-order valence-corrected chi connectivity index (χ2v) is 7.53. The molecular weight excluding hydrogens is 354 g/mol. The minimum absolute atomic E-state index is 0.00116. The van der Waals surface area contributed by atoms with Crippen molar-refractivity contribution in [3.8, 4) is 5.75 Å². The minimum Gasteiger partial charge on any atom is -0.497 e. The molecule has 26 heavy (non-hydrogen) atoms. The van der Waals surface area contributed by atoms with Gasteiger partial charge in [0.25, 0.3) is 0 Å². The number of carbonyl (C=O) groups excluding carboxylic acids is 1. The van der Waals surface area contributed by atoms with E-state index >= 15 is 0 Å². The monoisotopic (exact) mass is 377 g/mol. The molecule has 2 aromatic carbocycles. The fourth-order valence-electron chi connectivity index (χ4n) is 2.28. The van der Waals surface area contributed by atoms with Gasteiger partial charge in [-0.25, -0.2) is 13.2 Å². The van der Waals surface area contributed by atoms with Crippen LogP contribution in [0.25, 0.3) is 0 Å². The van der Waals surface area contributed by atoms with E-state index in [0.717, 1.165) is 5.56 Å². The molecule has 2 aromatic rings. The number of para-hydroxylation sites is 1. The van der Waals surface area contributed by atoms with Crippen molar-refractivity contribution in [2.24, 2.45) is 0 Å². The zero-order valence-electron chi connectivity index (χ0n) is 14.7. The van der Waals surface area contributed by atoms with Crippen LogP contribution in [0.1, 0.15) is 18.5 Å². The van der Waals surface area contributed by atoms with Crippen molar-refractivity contribution in [3.05, 3.63) is 60.2 Å². The number of hydrogen-bond acceptors (Lipinski definition) is 4. The maximum Gasteiger partial charge on any atom is 0.315 e. The Balaban J connectivity index is 1.79. The van der Waals surface area contributed by atoms with Gasteiger partial charge in [-0.2, -0.15) is 0 Å². The molecule has 3 N–H and O–H groups in total. The fourth-order valence-corrected chi connectivity index (χ4v) is 3.25. The van der Waals surface area contributed by atoms with E-state index in [9.17, 15) is 13.2 Å². The summed E-state index contributed by atoms with van der Waals surface area (Å²) in [5.41, 5.74) is 1.38. The van der Waals surface area contributed by atoms with E-state index in [1.165, 1.54) is 0 Å². The Morgan fingerprint density at radius 3 is 2.54 bits per heavy atom. The summed E-state index contributed by atoms with van der Waals surface area (Å²) in [6.07, 6.45) is 0. The van der Waals surface area contributed by atoms with Crippen LogP contribution in [0.4, 0.5) is 10.5 Å². The smallest absolute Gasteiger partial charge is 0.315 e. The Bertz CT molecular complexity index is 825. The van der Waals surface area contributed by atoms with Gasteiger partial charge in [0.1, 0.15) is 5.75 Å². The standard InChI is InChI=1S/C18H23N3O4S/c1-14(15-7-6-10-17(13-15)25-2)20-18(22)19-11-12-26(23,24)21-16-8-4-3-5-9-16/h3-10,13-14,21H,11-12H2,1-2H3,(H2,19,20,22)/t14-/m0/s1. The summed E-state index contributed by atoms with van der Waals surface area (Å²) in [7, 11) is -1.95. The van der Waals surface area contributed by atoms with Crippen LogP contribution in [0.15, 0.2) is 54.6 Å². The maximum absolute atomic E-state index is 12.0. The highest BCUT2D eigenvalue weighted by molar-refractivity contribution is 7.92. The predicted octanol–water partition coefficient (Wildman–Crippen LogP) is 2.50. The first-order chi connectivity index (χ1) is 12.4. The molecule has 0 fully saturated rings. The largest absolute Gasteiger partial charge is 0.497 e. The van der Waals surface area contributed by atoms with Crippen LogP contribution >= 0.6 is 0 Å². The molecule has 0 saturated heterocycles. The molecule has 0 spiro atoms. The molecular formula is C18H23N3O4S. The van der Waals surface area contributed by atoms with Gasteiger partial charge in [-0.15, -0.1) is 0 Å². The van der Waals surface area contributed by atoms with E-state index in [2.05, 4.69) is 15.4 Å². The highest BCUT2D eigenvalue weighted by Crippen LogP contribution is 2.18. The lowest BCUT2D eigenvalue weighted by molar-refractivity contribution is 0.238. The number of nitrogens with one attached hydrogen (secondary N) is 3. The highest BCUT2D eigenvalue weighted by atomic mass is 32.2. The van der Waals surface area contributed by atoms with Crippen LogP contribution in [0.5, 0.6) is 5.75 Å². The van der Waals surface area contributed by atoms with Gasteiger partial charge in [-0.05, 0) is 36.8 Å². The Morgan fingerprint density at radius 1 is 1.12 bits per heavy atom. The number of sulfonamides is 1. The molecule has 2 rings (SSSR count). The normalized spacial score (nSPS) is 12.1. The number of carbonyl (C=O) groups is 1. The molecule has 140 valence electrons. The second-order valence-electron chi connectivity index (χ2n) is 5.69. The lowest BCUT2D eigenvalue weighted by atomic mass is 10.1. The summed E-state index contributed by atoms with van der Waals surface area (Å²) >= 11 is 0. The quantitative estimate of drug-likeness (QED) is 0.658. The first-order valence-corrected chi connectivity index (χ1v) is 9.79. The number of hydrogen-bond donors (Lipinski definition) is 3. The number of amides is 2. The summed E-state index contributed by atoms with van der Waals surface area (Å²) in [5, 5.41) is 5.32. The molecule has 2 amide bonds. The van der Waals surface area contributed by atoms with Crippen LogP contribution < -0.4 is 20.1 Å². The molecule has 0 radical (unpaired) electrons. The van der Waals surface area contributed by atoms with Crippen molar-refractivity contribution in [1.82, 2.24) is 10.6 Å². The summed E-state index contributed by atoms with van der Waals surface area (Å²) in [4.78, 5) is 12.0. The van der Waals surface area contributed by atoms with Crippen LogP contribution in [-0.4, -0.2) is 33.9 Å². The molecule has 0 bridgehead atoms. The summed E-state index contributed by atoms with van der Waals surface area (Å²) in [6.45, 7) is 1.83. The number of ether oxygens (including phenoxy) is 1. The van der Waals surface area contributed by atoms with Gasteiger partial charge in [-0.3, -0.25) is 4.72 Å². The van der Waals surface area contributed by atoms with E-state index < -0.39 is 16.1 Å². The molecule has 8 heteroatoms. The first-order valence-electron chi connectivity index (χ1n) is 8.13. The third-order valence-electron chi connectivity index (χ3n) is 3.64. The van der Waals surface area contributed by atoms with Gasteiger partial charge in [0, 0.05) is 12.2 Å². The number of methoxy groups -OCH3 is 1. The highest BCUT2D eigenvalue weighted by Gasteiger charge is 2.13. The van der Waals surface area contributed by atoms with Gasteiger partial charge in [-0.1, -0.05) is 30.3 Å². The van der Waals surface area contributed by atoms with Crippen molar-refractivity contribution < 1.29 is 17.9 Å². The van der Waals surface area contributed by atoms with Crippen molar-refractivity contribution in [1.29, 1.82) is 0 Å². The molecule has 7 nitrogen and oxygen atoms in total. The molecule has 0 aliphatic carbocycles. The average Bonchev–Trinajstić information content (AvgIpc) is 2.62. The van der Waals surface area contributed by atoms with E-state index in [4.69, 9.17) is 4.74 Å². The Kier molecular flexibility index (Phi) is 6.85. The predicted molar refractivity (Wildman–Crippen MR) is 102 cm³/mol. The molecule has 0 aromatic heterocycles. The Morgan fingerprint density at radius 2 is 1.85 bits per heavy atom. The zero-order valence-corrected chi connectivity index (χ0v) is 15.5. The van der Waals surface area contributed by atoms with Gasteiger partial charge in [0.15, 0.2) is 0 Å². The summed E-state index contributed by atoms with van der Waals surface area (Å²) in [6, 6.07) is 15.3. The SMILES string of the molecule is COc1cccc([C@H](C)NC(=O)NCCS(=O)(=O)Nc2ccccc2)c1. The van der Waals surface area contributed by atoms with E-state index in [1.54, 1.807) is 37.4 Å². The lowest BCUT2D eigenvalue weighted by Crippen LogP contribution is -2.39. The summed E-state index contributed by atoms with van der Waals surface area (Å²) < 4.78 is 31.6. The molecule has 0 aliphatic heterocycles. The molecule has 0 unspecified atom stereocenters. The number of urea groups is 1. The topological polar surface area (TPSA) is 96.5 Å². The van der Waals surface area contributed by atoms with Crippen LogP contribution in [0.2, 0.25) is 0 Å². The Labute approximate surface area is 153 Å². The van der Waals surface area contributed by atoms with E-state index in [-0.39, 0.29) is 18.3 Å². The van der Waals surface area contributed by atoms with E-state index in [0.29, 0.717) is 11.4 Å². The number of rotatable bonds is 8. The molecule has 0 saturated carbocycles. The molecule has 0 heterocycles. The fraction of sp³-hybridized carbons (Fsp3) is 0.278. The zero-order chi connectivity index (χ0) is 19.0. The third-order valence-corrected chi connectivity index (χ3v) is 4.93. The third kappa shape index (κ3) is 6.29.